The van der Waals surface area contributed by atoms with E-state index in [-0.39, 0.29) is 5.41 Å². The van der Waals surface area contributed by atoms with E-state index in [9.17, 15) is 0 Å². The summed E-state index contributed by atoms with van der Waals surface area (Å²) in [6.07, 6.45) is 7.26. The number of oxazole rings is 1. The van der Waals surface area contributed by atoms with E-state index in [0.717, 1.165) is 36.6 Å². The molecule has 4 heteroatoms. The minimum atomic E-state index is 0.0426. The average molecular weight is 414 g/mol. The Labute approximate surface area is 186 Å². The Bertz CT molecular complexity index is 1050. The number of likely N-dealkylation sites (N-methyl/N-ethyl adjacent to an activating group) is 1. The van der Waals surface area contributed by atoms with Crippen molar-refractivity contribution in [3.8, 4) is 23.2 Å². The van der Waals surface area contributed by atoms with Gasteiger partial charge in [-0.3, -0.25) is 4.90 Å². The molecule has 0 aliphatic rings. The second-order valence-electron chi connectivity index (χ2n) is 8.74. The van der Waals surface area contributed by atoms with E-state index in [0.29, 0.717) is 0 Å². The van der Waals surface area contributed by atoms with E-state index >= 15 is 0 Å². The van der Waals surface area contributed by atoms with Crippen molar-refractivity contribution in [3.05, 3.63) is 84.4 Å². The quantitative estimate of drug-likeness (QED) is 0.461. The predicted octanol–water partition coefficient (Wildman–Crippen LogP) is 5.99. The van der Waals surface area contributed by atoms with Crippen LogP contribution < -0.4 is 5.32 Å². The van der Waals surface area contributed by atoms with Crippen LogP contribution in [0.2, 0.25) is 0 Å². The number of anilines is 1. The number of nitrogens with zero attached hydrogens (tertiary/aromatic N) is 2. The van der Waals surface area contributed by atoms with Gasteiger partial charge < -0.3 is 9.73 Å². The van der Waals surface area contributed by atoms with E-state index in [1.807, 2.05) is 18.2 Å². The van der Waals surface area contributed by atoms with Crippen LogP contribution >= 0.6 is 0 Å². The summed E-state index contributed by atoms with van der Waals surface area (Å²) in [4.78, 5) is 6.27. The fourth-order valence-electron chi connectivity index (χ4n) is 3.10. The summed E-state index contributed by atoms with van der Waals surface area (Å²) < 4.78 is 5.40. The maximum Gasteiger partial charge on any atom is 0.181 e. The highest BCUT2D eigenvalue weighted by Crippen LogP contribution is 2.20. The molecule has 1 N–H and O–H groups in total. The Morgan fingerprint density at radius 1 is 1.10 bits per heavy atom. The number of allylic oxidation sites excluding steroid dienone is 1. The van der Waals surface area contributed by atoms with E-state index in [4.69, 9.17) is 4.42 Å². The van der Waals surface area contributed by atoms with E-state index in [1.165, 1.54) is 17.5 Å². The van der Waals surface area contributed by atoms with Crippen molar-refractivity contribution in [2.45, 2.75) is 33.9 Å². The molecule has 0 amide bonds. The molecule has 3 rings (SSSR count). The van der Waals surface area contributed by atoms with Crippen molar-refractivity contribution in [3.63, 3.8) is 0 Å². The molecule has 0 spiro atoms. The van der Waals surface area contributed by atoms with Crippen LogP contribution in [0.25, 0.3) is 11.3 Å². The Hall–Kier alpha value is -3.29. The molecule has 0 fully saturated rings. The van der Waals surface area contributed by atoms with Gasteiger partial charge in [0.2, 0.25) is 0 Å². The number of hydrogen-bond donors (Lipinski definition) is 1. The Kier molecular flexibility index (Phi) is 7.70. The number of nitrogens with one attached hydrogen (secondary N) is 1. The van der Waals surface area contributed by atoms with Crippen LogP contribution in [0.3, 0.4) is 0 Å². The second kappa shape index (κ2) is 10.7. The zero-order valence-electron chi connectivity index (χ0n) is 18.9. The molecule has 0 saturated heterocycles. The molecule has 4 nitrogen and oxygen atoms in total. The highest BCUT2D eigenvalue weighted by molar-refractivity contribution is 5.57. The highest BCUT2D eigenvalue weighted by atomic mass is 16.3. The molecule has 1 aromatic heterocycles. The van der Waals surface area contributed by atoms with Gasteiger partial charge in [-0.05, 0) is 63.2 Å². The van der Waals surface area contributed by atoms with Gasteiger partial charge in [0.15, 0.2) is 12.2 Å². The monoisotopic (exact) mass is 413 g/mol. The van der Waals surface area contributed by atoms with Crippen LogP contribution in [0, 0.1) is 17.3 Å². The topological polar surface area (TPSA) is 41.3 Å². The standard InChI is InChI=1S/C27H31N3O/c1-27(2,3)14-6-5-7-15-30(4)20-23-11-9-13-25(17-23)29-18-22-10-8-12-24(16-22)26-19-28-21-31-26/h5,7-13,16-17,19,21,29H,15,18,20H2,1-4H3/b7-5+. The third kappa shape index (κ3) is 7.81. The molecule has 0 unspecified atom stereocenters. The molecular weight excluding hydrogens is 382 g/mol. The zero-order chi connectivity index (χ0) is 22.1. The highest BCUT2D eigenvalue weighted by Gasteiger charge is 2.04. The van der Waals surface area contributed by atoms with Crippen LogP contribution in [0.5, 0.6) is 0 Å². The Morgan fingerprint density at radius 3 is 2.68 bits per heavy atom. The lowest BCUT2D eigenvalue weighted by Crippen LogP contribution is -2.17. The first-order valence-electron chi connectivity index (χ1n) is 10.6. The number of hydrogen-bond acceptors (Lipinski definition) is 4. The summed E-state index contributed by atoms with van der Waals surface area (Å²) in [5, 5.41) is 3.52. The lowest BCUT2D eigenvalue weighted by molar-refractivity contribution is 0.363. The number of aromatic nitrogens is 1. The van der Waals surface area contributed by atoms with Gasteiger partial charge in [0.1, 0.15) is 0 Å². The van der Waals surface area contributed by atoms with Crippen LogP contribution in [-0.2, 0) is 13.1 Å². The molecule has 31 heavy (non-hydrogen) atoms. The van der Waals surface area contributed by atoms with Crippen molar-refractivity contribution in [1.29, 1.82) is 0 Å². The van der Waals surface area contributed by atoms with Crippen LogP contribution in [0.15, 0.2) is 77.7 Å². The minimum Gasteiger partial charge on any atom is -0.444 e. The molecule has 0 radical (unpaired) electrons. The molecule has 3 aromatic rings. The molecule has 0 atom stereocenters. The molecular formula is C27H31N3O. The fourth-order valence-corrected chi connectivity index (χ4v) is 3.10. The minimum absolute atomic E-state index is 0.0426. The summed E-state index contributed by atoms with van der Waals surface area (Å²) >= 11 is 0. The normalized spacial score (nSPS) is 11.5. The summed E-state index contributed by atoms with van der Waals surface area (Å²) in [5.41, 5.74) is 4.66. The van der Waals surface area contributed by atoms with Crippen molar-refractivity contribution in [2.24, 2.45) is 5.41 Å². The van der Waals surface area contributed by atoms with Crippen LogP contribution in [0.1, 0.15) is 31.9 Å². The molecule has 0 saturated carbocycles. The van der Waals surface area contributed by atoms with Gasteiger partial charge in [0.05, 0.1) is 6.20 Å². The third-order valence-corrected chi connectivity index (χ3v) is 4.59. The van der Waals surface area contributed by atoms with Crippen molar-refractivity contribution in [2.75, 3.05) is 18.9 Å². The first-order chi connectivity index (χ1) is 14.9. The predicted molar refractivity (Wildman–Crippen MR) is 128 cm³/mol. The molecule has 160 valence electrons. The lowest BCUT2D eigenvalue weighted by Gasteiger charge is -2.15. The van der Waals surface area contributed by atoms with Gasteiger partial charge in [-0.15, -0.1) is 0 Å². The van der Waals surface area contributed by atoms with Crippen molar-refractivity contribution < 1.29 is 4.42 Å². The smallest absolute Gasteiger partial charge is 0.181 e. The second-order valence-corrected chi connectivity index (χ2v) is 8.74. The van der Waals surface area contributed by atoms with E-state index < -0.39 is 0 Å². The van der Waals surface area contributed by atoms with Gasteiger partial charge in [0, 0.05) is 36.3 Å². The maximum absolute atomic E-state index is 5.40. The van der Waals surface area contributed by atoms with Crippen molar-refractivity contribution in [1.82, 2.24) is 9.88 Å². The van der Waals surface area contributed by atoms with E-state index in [2.05, 4.69) is 97.3 Å². The van der Waals surface area contributed by atoms with Gasteiger partial charge in [-0.1, -0.05) is 48.2 Å². The lowest BCUT2D eigenvalue weighted by atomic mass is 9.98. The summed E-state index contributed by atoms with van der Waals surface area (Å²) in [5.74, 6) is 7.12. The SMILES string of the molecule is CN(C/C=C/C#CC(C)(C)C)Cc1cccc(NCc2cccc(-c3cnco3)c2)c1. The first kappa shape index (κ1) is 22.4. The molecule has 0 aliphatic heterocycles. The Balaban J connectivity index is 1.53. The molecule has 2 aromatic carbocycles. The van der Waals surface area contributed by atoms with Gasteiger partial charge in [0.25, 0.3) is 0 Å². The fraction of sp³-hybridized carbons (Fsp3) is 0.296. The first-order valence-corrected chi connectivity index (χ1v) is 10.6. The number of benzene rings is 2. The summed E-state index contributed by atoms with van der Waals surface area (Å²) in [7, 11) is 2.12. The van der Waals surface area contributed by atoms with Crippen molar-refractivity contribution >= 4 is 5.69 Å². The molecule has 0 bridgehead atoms. The summed E-state index contributed by atoms with van der Waals surface area (Å²) in [6.45, 7) is 8.85. The van der Waals surface area contributed by atoms with Gasteiger partial charge in [-0.2, -0.15) is 0 Å². The number of rotatable bonds is 8. The average Bonchev–Trinajstić information content (AvgIpc) is 3.27. The zero-order valence-corrected chi connectivity index (χ0v) is 18.9. The largest absolute Gasteiger partial charge is 0.444 e. The van der Waals surface area contributed by atoms with Crippen LogP contribution in [-0.4, -0.2) is 23.5 Å². The third-order valence-electron chi connectivity index (χ3n) is 4.59. The van der Waals surface area contributed by atoms with Gasteiger partial charge >= 0.3 is 0 Å². The molecule has 1 heterocycles. The van der Waals surface area contributed by atoms with Gasteiger partial charge in [-0.25, -0.2) is 4.98 Å². The Morgan fingerprint density at radius 2 is 1.90 bits per heavy atom. The van der Waals surface area contributed by atoms with E-state index in [1.54, 1.807) is 6.20 Å². The summed E-state index contributed by atoms with van der Waals surface area (Å²) in [6, 6.07) is 16.9. The molecule has 0 aliphatic carbocycles. The van der Waals surface area contributed by atoms with Crippen LogP contribution in [0.4, 0.5) is 5.69 Å². The maximum atomic E-state index is 5.40.